The molecule has 5 nitrogen and oxygen atoms in total. The molecule has 0 bridgehead atoms. The zero-order valence-electron chi connectivity index (χ0n) is 11.3. The average Bonchev–Trinajstić information content (AvgIpc) is 2.43. The summed E-state index contributed by atoms with van der Waals surface area (Å²) in [6.45, 7) is 4.39. The van der Waals surface area contributed by atoms with Gasteiger partial charge < -0.3 is 15.4 Å². The minimum absolute atomic E-state index is 0.0221. The zero-order chi connectivity index (χ0) is 14.1. The summed E-state index contributed by atoms with van der Waals surface area (Å²) < 4.78 is 5.44. The Kier molecular flexibility index (Phi) is 6.60. The van der Waals surface area contributed by atoms with Gasteiger partial charge in [0.2, 0.25) is 11.8 Å². The van der Waals surface area contributed by atoms with E-state index in [0.717, 1.165) is 5.56 Å². The molecule has 0 aliphatic carbocycles. The van der Waals surface area contributed by atoms with E-state index in [1.807, 2.05) is 37.3 Å². The van der Waals surface area contributed by atoms with Gasteiger partial charge in [-0.25, -0.2) is 0 Å². The summed E-state index contributed by atoms with van der Waals surface area (Å²) >= 11 is 0. The molecule has 0 radical (unpaired) electrons. The number of benzene rings is 1. The van der Waals surface area contributed by atoms with Gasteiger partial charge in [-0.05, 0) is 19.4 Å². The van der Waals surface area contributed by atoms with Crippen LogP contribution in [0.2, 0.25) is 0 Å². The molecule has 0 aliphatic rings. The largest absolute Gasteiger partial charge is 0.364 e. The van der Waals surface area contributed by atoms with Crippen LogP contribution in [0.5, 0.6) is 0 Å². The van der Waals surface area contributed by atoms with Crippen molar-refractivity contribution in [1.29, 1.82) is 0 Å². The predicted molar refractivity (Wildman–Crippen MR) is 72.4 cm³/mol. The molecule has 2 N–H and O–H groups in total. The first-order chi connectivity index (χ1) is 9.13. The molecule has 0 aromatic heterocycles. The number of ether oxygens (including phenoxy) is 1. The lowest BCUT2D eigenvalue weighted by atomic mass is 10.2. The van der Waals surface area contributed by atoms with E-state index in [1.165, 1.54) is 0 Å². The molecule has 1 rings (SSSR count). The zero-order valence-corrected chi connectivity index (χ0v) is 11.3. The maximum atomic E-state index is 11.7. The fourth-order valence-electron chi connectivity index (χ4n) is 1.44. The number of amides is 2. The van der Waals surface area contributed by atoms with E-state index in [1.54, 1.807) is 6.92 Å². The van der Waals surface area contributed by atoms with Crippen LogP contribution in [0.15, 0.2) is 30.3 Å². The lowest BCUT2D eigenvalue weighted by Crippen LogP contribution is -2.41. The number of carbonyl (C=O) groups excluding carboxylic acids is 2. The van der Waals surface area contributed by atoms with Crippen LogP contribution in [0.4, 0.5) is 0 Å². The van der Waals surface area contributed by atoms with Gasteiger partial charge in [-0.15, -0.1) is 0 Å². The summed E-state index contributed by atoms with van der Waals surface area (Å²) in [4.78, 5) is 22.8. The van der Waals surface area contributed by atoms with Crippen LogP contribution in [0.3, 0.4) is 0 Å². The van der Waals surface area contributed by atoms with Crippen LogP contribution >= 0.6 is 0 Å². The first kappa shape index (κ1) is 15.2. The number of rotatable bonds is 7. The Bertz CT molecular complexity index is 406. The van der Waals surface area contributed by atoms with Crippen molar-refractivity contribution < 1.29 is 14.3 Å². The molecule has 0 heterocycles. The van der Waals surface area contributed by atoms with Gasteiger partial charge in [0.05, 0.1) is 13.2 Å². The predicted octanol–water partition coefficient (Wildman–Crippen LogP) is 0.844. The number of hydrogen-bond acceptors (Lipinski definition) is 3. The normalized spacial score (nSPS) is 11.7. The van der Waals surface area contributed by atoms with E-state index in [4.69, 9.17) is 4.74 Å². The second-order valence-electron chi connectivity index (χ2n) is 4.11. The smallest absolute Gasteiger partial charge is 0.249 e. The fourth-order valence-corrected chi connectivity index (χ4v) is 1.44. The molecule has 2 amide bonds. The van der Waals surface area contributed by atoms with E-state index < -0.39 is 6.10 Å². The number of nitrogens with one attached hydrogen (secondary N) is 2. The Morgan fingerprint density at radius 1 is 1.21 bits per heavy atom. The van der Waals surface area contributed by atoms with Crippen molar-refractivity contribution in [3.8, 4) is 0 Å². The first-order valence-corrected chi connectivity index (χ1v) is 6.33. The molecule has 5 heteroatoms. The Hall–Kier alpha value is -1.88. The van der Waals surface area contributed by atoms with Gasteiger partial charge >= 0.3 is 0 Å². The third-order valence-electron chi connectivity index (χ3n) is 2.51. The monoisotopic (exact) mass is 264 g/mol. The fraction of sp³-hybridized carbons (Fsp3) is 0.429. The molecule has 0 spiro atoms. The highest BCUT2D eigenvalue weighted by Gasteiger charge is 2.14. The van der Waals surface area contributed by atoms with E-state index >= 15 is 0 Å². The molecule has 0 aliphatic heterocycles. The molecule has 0 fully saturated rings. The number of hydrogen-bond donors (Lipinski definition) is 2. The highest BCUT2D eigenvalue weighted by molar-refractivity contribution is 5.86. The Labute approximate surface area is 113 Å². The average molecular weight is 264 g/mol. The topological polar surface area (TPSA) is 67.4 Å². The third kappa shape index (κ3) is 6.01. The Morgan fingerprint density at radius 3 is 2.53 bits per heavy atom. The van der Waals surface area contributed by atoms with E-state index in [-0.39, 0.29) is 18.4 Å². The van der Waals surface area contributed by atoms with Crippen LogP contribution < -0.4 is 10.6 Å². The van der Waals surface area contributed by atoms with Crippen LogP contribution in [-0.4, -0.2) is 31.0 Å². The van der Waals surface area contributed by atoms with E-state index in [0.29, 0.717) is 13.2 Å². The summed E-state index contributed by atoms with van der Waals surface area (Å²) in [6.07, 6.45) is -0.588. The summed E-state index contributed by atoms with van der Waals surface area (Å²) in [5, 5.41) is 5.13. The lowest BCUT2D eigenvalue weighted by molar-refractivity contribution is -0.134. The molecule has 0 saturated carbocycles. The molecule has 1 atom stereocenters. The summed E-state index contributed by atoms with van der Waals surface area (Å²) in [7, 11) is 0. The minimum atomic E-state index is -0.588. The summed E-state index contributed by atoms with van der Waals surface area (Å²) in [5.74, 6) is -0.492. The second-order valence-corrected chi connectivity index (χ2v) is 4.11. The van der Waals surface area contributed by atoms with Crippen LogP contribution in [0.1, 0.15) is 19.4 Å². The molecule has 19 heavy (non-hydrogen) atoms. The molecule has 104 valence electrons. The van der Waals surface area contributed by atoms with Crippen molar-refractivity contribution in [3.63, 3.8) is 0 Å². The number of carbonyl (C=O) groups is 2. The SMILES string of the molecule is CCNC(=O)CNC(=O)C(C)OCc1ccccc1. The van der Waals surface area contributed by atoms with Crippen LogP contribution in [0.25, 0.3) is 0 Å². The van der Waals surface area contributed by atoms with Crippen molar-refractivity contribution in [2.75, 3.05) is 13.1 Å². The summed E-state index contributed by atoms with van der Waals surface area (Å²) in [6, 6.07) is 9.61. The standard InChI is InChI=1S/C14H20N2O3/c1-3-15-13(17)9-16-14(18)11(2)19-10-12-7-5-4-6-8-12/h4-8,11H,3,9-10H2,1-2H3,(H,15,17)(H,16,18). The van der Waals surface area contributed by atoms with Crippen molar-refractivity contribution in [1.82, 2.24) is 10.6 Å². The van der Waals surface area contributed by atoms with Crippen LogP contribution in [0, 0.1) is 0 Å². The maximum absolute atomic E-state index is 11.7. The van der Waals surface area contributed by atoms with Gasteiger partial charge in [-0.2, -0.15) is 0 Å². The van der Waals surface area contributed by atoms with Gasteiger partial charge in [0, 0.05) is 6.54 Å². The van der Waals surface area contributed by atoms with Gasteiger partial charge in [0.15, 0.2) is 0 Å². The van der Waals surface area contributed by atoms with Gasteiger partial charge in [0.1, 0.15) is 6.10 Å². The van der Waals surface area contributed by atoms with Gasteiger partial charge in [-0.1, -0.05) is 30.3 Å². The molecule has 0 saturated heterocycles. The highest BCUT2D eigenvalue weighted by Crippen LogP contribution is 2.03. The maximum Gasteiger partial charge on any atom is 0.249 e. The minimum Gasteiger partial charge on any atom is -0.364 e. The van der Waals surface area contributed by atoms with Gasteiger partial charge in [0.25, 0.3) is 0 Å². The number of likely N-dealkylation sites (N-methyl/N-ethyl adjacent to an activating group) is 1. The molecular weight excluding hydrogens is 244 g/mol. The quantitative estimate of drug-likeness (QED) is 0.767. The van der Waals surface area contributed by atoms with E-state index in [9.17, 15) is 9.59 Å². The second kappa shape index (κ2) is 8.26. The summed E-state index contributed by atoms with van der Waals surface area (Å²) in [5.41, 5.74) is 1.01. The third-order valence-corrected chi connectivity index (χ3v) is 2.51. The Balaban J connectivity index is 2.27. The molecular formula is C14H20N2O3. The lowest BCUT2D eigenvalue weighted by Gasteiger charge is -2.13. The Morgan fingerprint density at radius 2 is 1.89 bits per heavy atom. The van der Waals surface area contributed by atoms with Crippen molar-refractivity contribution in [2.24, 2.45) is 0 Å². The molecule has 1 aromatic rings. The van der Waals surface area contributed by atoms with E-state index in [2.05, 4.69) is 10.6 Å². The van der Waals surface area contributed by atoms with Crippen molar-refractivity contribution in [3.05, 3.63) is 35.9 Å². The highest BCUT2D eigenvalue weighted by atomic mass is 16.5. The molecule has 1 unspecified atom stereocenters. The van der Waals surface area contributed by atoms with Crippen molar-refractivity contribution >= 4 is 11.8 Å². The van der Waals surface area contributed by atoms with Gasteiger partial charge in [-0.3, -0.25) is 9.59 Å². The molecule has 1 aromatic carbocycles. The van der Waals surface area contributed by atoms with Crippen molar-refractivity contribution in [2.45, 2.75) is 26.6 Å². The first-order valence-electron chi connectivity index (χ1n) is 6.33. The van der Waals surface area contributed by atoms with Crippen LogP contribution in [-0.2, 0) is 20.9 Å².